The van der Waals surface area contributed by atoms with Crippen LogP contribution in [0.25, 0.3) is 21.2 Å². The summed E-state index contributed by atoms with van der Waals surface area (Å²) >= 11 is 0. The minimum absolute atomic E-state index is 0.191. The number of azide groups is 1. The van der Waals surface area contributed by atoms with Gasteiger partial charge in [0.25, 0.3) is 0 Å². The van der Waals surface area contributed by atoms with Gasteiger partial charge in [-0.25, -0.2) is 0 Å². The molecule has 0 aliphatic heterocycles. The Morgan fingerprint density at radius 3 is 2.76 bits per heavy atom. The number of fused-ring (bicyclic) bond motifs is 1. The van der Waals surface area contributed by atoms with Gasteiger partial charge >= 0.3 is 0 Å². The fourth-order valence-electron chi connectivity index (χ4n) is 1.55. The summed E-state index contributed by atoms with van der Waals surface area (Å²) in [4.78, 5) is 2.64. The van der Waals surface area contributed by atoms with Crippen molar-refractivity contribution in [3.63, 3.8) is 0 Å². The third kappa shape index (κ3) is 2.69. The van der Waals surface area contributed by atoms with Crippen LogP contribution in [0.5, 0.6) is 0 Å². The van der Waals surface area contributed by atoms with E-state index in [1.807, 2.05) is 36.4 Å². The Kier molecular flexibility index (Phi) is 3.15. The molecule has 0 aliphatic carbocycles. The Labute approximate surface area is 98.7 Å². The van der Waals surface area contributed by atoms with Gasteiger partial charge in [0.1, 0.15) is 0 Å². The normalized spacial score (nSPS) is 9.18. The fraction of sp³-hybridized carbons (Fsp3) is 0.0769. The van der Waals surface area contributed by atoms with E-state index in [-0.39, 0.29) is 6.54 Å². The minimum atomic E-state index is 0.191. The molecule has 0 aromatic heterocycles. The highest BCUT2D eigenvalue weighted by atomic mass is 15.1. The number of rotatable bonds is 1. The summed E-state index contributed by atoms with van der Waals surface area (Å²) in [6.45, 7) is 0.191. The summed E-state index contributed by atoms with van der Waals surface area (Å²) in [5, 5.41) is 5.53. The van der Waals surface area contributed by atoms with Crippen molar-refractivity contribution in [2.75, 3.05) is 12.3 Å². The van der Waals surface area contributed by atoms with Gasteiger partial charge in [-0.05, 0) is 40.6 Å². The zero-order chi connectivity index (χ0) is 12.1. The fourth-order valence-corrected chi connectivity index (χ4v) is 1.55. The first-order valence-corrected chi connectivity index (χ1v) is 5.08. The minimum Gasteiger partial charge on any atom is -0.399 e. The summed E-state index contributed by atoms with van der Waals surface area (Å²) in [6.07, 6.45) is 0. The molecule has 0 radical (unpaired) electrons. The van der Waals surface area contributed by atoms with Crippen molar-refractivity contribution < 1.29 is 0 Å². The van der Waals surface area contributed by atoms with E-state index in [4.69, 9.17) is 11.3 Å². The molecule has 0 amide bonds. The summed E-state index contributed by atoms with van der Waals surface area (Å²) in [6, 6.07) is 11.6. The summed E-state index contributed by atoms with van der Waals surface area (Å²) in [5.41, 5.74) is 15.5. The molecular weight excluding hydrogens is 212 g/mol. The van der Waals surface area contributed by atoms with E-state index in [1.165, 1.54) is 0 Å². The van der Waals surface area contributed by atoms with E-state index in [1.54, 1.807) is 0 Å². The summed E-state index contributed by atoms with van der Waals surface area (Å²) in [5.74, 6) is 5.72. The topological polar surface area (TPSA) is 74.8 Å². The molecule has 2 aromatic rings. The van der Waals surface area contributed by atoms with Gasteiger partial charge in [-0.1, -0.05) is 29.1 Å². The van der Waals surface area contributed by atoms with Gasteiger partial charge in [0.2, 0.25) is 0 Å². The maximum absolute atomic E-state index is 8.11. The van der Waals surface area contributed by atoms with Gasteiger partial charge in [-0.2, -0.15) is 0 Å². The Morgan fingerprint density at radius 1 is 1.18 bits per heavy atom. The predicted octanol–water partition coefficient (Wildman–Crippen LogP) is 3.08. The number of nitrogen functional groups attached to an aromatic ring is 1. The van der Waals surface area contributed by atoms with E-state index in [2.05, 4.69) is 21.9 Å². The van der Waals surface area contributed by atoms with Crippen LogP contribution in [-0.4, -0.2) is 6.54 Å². The average Bonchev–Trinajstić information content (AvgIpc) is 2.35. The van der Waals surface area contributed by atoms with Gasteiger partial charge in [0.15, 0.2) is 0 Å². The molecule has 0 atom stereocenters. The van der Waals surface area contributed by atoms with Crippen molar-refractivity contribution in [3.05, 3.63) is 52.4 Å². The van der Waals surface area contributed by atoms with Crippen LogP contribution in [0.2, 0.25) is 0 Å². The second-order valence-corrected chi connectivity index (χ2v) is 3.51. The van der Waals surface area contributed by atoms with Crippen LogP contribution >= 0.6 is 0 Å². The first-order chi connectivity index (χ1) is 8.29. The number of anilines is 1. The molecule has 2 rings (SSSR count). The molecule has 0 fully saturated rings. The number of benzene rings is 2. The zero-order valence-corrected chi connectivity index (χ0v) is 9.09. The lowest BCUT2D eigenvalue weighted by atomic mass is 10.1. The van der Waals surface area contributed by atoms with Crippen molar-refractivity contribution in [1.29, 1.82) is 0 Å². The molecule has 0 heterocycles. The van der Waals surface area contributed by atoms with E-state index in [0.29, 0.717) is 0 Å². The number of nitrogens with zero attached hydrogens (tertiary/aromatic N) is 3. The van der Waals surface area contributed by atoms with Gasteiger partial charge in [-0.15, -0.1) is 0 Å². The molecule has 0 saturated heterocycles. The smallest absolute Gasteiger partial charge is 0.0880 e. The molecule has 0 saturated carbocycles. The van der Waals surface area contributed by atoms with Gasteiger partial charge in [0.05, 0.1) is 6.54 Å². The lowest BCUT2D eigenvalue weighted by molar-refractivity contribution is 1.25. The maximum Gasteiger partial charge on any atom is 0.0880 e. The Hall–Kier alpha value is -2.63. The monoisotopic (exact) mass is 222 g/mol. The molecule has 0 unspecified atom stereocenters. The highest BCUT2D eigenvalue weighted by molar-refractivity contribution is 5.86. The zero-order valence-electron chi connectivity index (χ0n) is 9.09. The third-order valence-corrected chi connectivity index (χ3v) is 2.31. The molecule has 82 valence electrons. The first-order valence-electron chi connectivity index (χ1n) is 5.08. The van der Waals surface area contributed by atoms with Crippen LogP contribution < -0.4 is 5.73 Å². The van der Waals surface area contributed by atoms with Crippen LogP contribution in [0, 0.1) is 11.8 Å². The summed E-state index contributed by atoms with van der Waals surface area (Å²) in [7, 11) is 0. The SMILES string of the molecule is [N-]=[N+]=NCC#Cc1ccc2cc(N)ccc2c1. The molecule has 4 nitrogen and oxygen atoms in total. The van der Waals surface area contributed by atoms with Gasteiger partial charge in [-0.3, -0.25) is 0 Å². The van der Waals surface area contributed by atoms with E-state index in [9.17, 15) is 0 Å². The highest BCUT2D eigenvalue weighted by Gasteiger charge is 1.94. The van der Waals surface area contributed by atoms with E-state index in [0.717, 1.165) is 22.0 Å². The first kappa shape index (κ1) is 10.9. The van der Waals surface area contributed by atoms with Crippen molar-refractivity contribution in [3.8, 4) is 11.8 Å². The summed E-state index contributed by atoms with van der Waals surface area (Å²) < 4.78 is 0. The highest BCUT2D eigenvalue weighted by Crippen LogP contribution is 2.18. The average molecular weight is 222 g/mol. The predicted molar refractivity (Wildman–Crippen MR) is 69.3 cm³/mol. The lowest BCUT2D eigenvalue weighted by Gasteiger charge is -1.99. The molecule has 17 heavy (non-hydrogen) atoms. The standard InChI is InChI=1S/C13H10N4/c14-13-6-5-11-8-10(2-1-7-16-17-15)3-4-12(11)9-13/h3-6,8-9H,7,14H2. The largest absolute Gasteiger partial charge is 0.399 e. The molecule has 2 N–H and O–H groups in total. The second-order valence-electron chi connectivity index (χ2n) is 3.51. The van der Waals surface area contributed by atoms with E-state index >= 15 is 0 Å². The molecule has 4 heteroatoms. The quantitative estimate of drug-likeness (QED) is 0.260. The van der Waals surface area contributed by atoms with Gasteiger partial charge < -0.3 is 5.73 Å². The number of nitrogens with two attached hydrogens (primary N) is 1. The maximum atomic E-state index is 8.11. The van der Waals surface area contributed by atoms with Gasteiger partial charge in [0, 0.05) is 16.2 Å². The molecular formula is C13H10N4. The number of hydrogen-bond donors (Lipinski definition) is 1. The Morgan fingerprint density at radius 2 is 1.94 bits per heavy atom. The van der Waals surface area contributed by atoms with Crippen molar-refractivity contribution in [1.82, 2.24) is 0 Å². The lowest BCUT2D eigenvalue weighted by Crippen LogP contribution is -1.84. The van der Waals surface area contributed by atoms with Crippen molar-refractivity contribution in [2.24, 2.45) is 5.11 Å². The molecule has 0 spiro atoms. The van der Waals surface area contributed by atoms with Crippen LogP contribution in [0.15, 0.2) is 41.5 Å². The number of hydrogen-bond acceptors (Lipinski definition) is 2. The van der Waals surface area contributed by atoms with Crippen LogP contribution in [0.1, 0.15) is 5.56 Å². The van der Waals surface area contributed by atoms with Crippen LogP contribution in [0.4, 0.5) is 5.69 Å². The Bertz CT molecular complexity index is 658. The Balaban J connectivity index is 2.33. The van der Waals surface area contributed by atoms with Crippen LogP contribution in [-0.2, 0) is 0 Å². The van der Waals surface area contributed by atoms with Crippen LogP contribution in [0.3, 0.4) is 0 Å². The third-order valence-electron chi connectivity index (χ3n) is 2.31. The van der Waals surface area contributed by atoms with E-state index < -0.39 is 0 Å². The molecule has 2 aromatic carbocycles. The van der Waals surface area contributed by atoms with Crippen molar-refractivity contribution >= 4 is 16.5 Å². The molecule has 0 aliphatic rings. The van der Waals surface area contributed by atoms with Crippen molar-refractivity contribution in [2.45, 2.75) is 0 Å². The molecule has 0 bridgehead atoms. The second kappa shape index (κ2) is 4.93.